The Labute approximate surface area is 139 Å². The SMILES string of the molecule is CN1C[C@]2(CCCN(C(=O)c3cc(F)cc(C#N)c3)CC2)OC1=O. The first-order valence-corrected chi connectivity index (χ1v) is 7.86. The maximum Gasteiger partial charge on any atom is 0.410 e. The zero-order valence-corrected chi connectivity index (χ0v) is 13.4. The number of benzene rings is 1. The number of hydrogen-bond acceptors (Lipinski definition) is 4. The summed E-state index contributed by atoms with van der Waals surface area (Å²) in [5.74, 6) is -0.907. The molecular formula is C17H18FN3O3. The Kier molecular flexibility index (Phi) is 4.14. The average molecular weight is 331 g/mol. The molecule has 1 spiro atoms. The highest BCUT2D eigenvalue weighted by atomic mass is 19.1. The second-order valence-corrected chi connectivity index (χ2v) is 6.39. The molecule has 0 radical (unpaired) electrons. The molecule has 24 heavy (non-hydrogen) atoms. The topological polar surface area (TPSA) is 73.6 Å². The van der Waals surface area contributed by atoms with E-state index in [1.54, 1.807) is 16.8 Å². The van der Waals surface area contributed by atoms with Crippen molar-refractivity contribution in [3.8, 4) is 6.07 Å². The smallest absolute Gasteiger partial charge is 0.410 e. The molecule has 0 aliphatic carbocycles. The van der Waals surface area contributed by atoms with Crippen LogP contribution in [0.4, 0.5) is 9.18 Å². The Morgan fingerprint density at radius 2 is 2.12 bits per heavy atom. The van der Waals surface area contributed by atoms with Crippen molar-refractivity contribution < 1.29 is 18.7 Å². The zero-order chi connectivity index (χ0) is 17.3. The van der Waals surface area contributed by atoms with Crippen LogP contribution in [-0.2, 0) is 4.74 Å². The summed E-state index contributed by atoms with van der Waals surface area (Å²) in [6.07, 6.45) is 1.61. The van der Waals surface area contributed by atoms with Gasteiger partial charge in [-0.15, -0.1) is 0 Å². The van der Waals surface area contributed by atoms with Crippen LogP contribution >= 0.6 is 0 Å². The molecule has 0 unspecified atom stereocenters. The van der Waals surface area contributed by atoms with E-state index in [2.05, 4.69) is 0 Å². The summed E-state index contributed by atoms with van der Waals surface area (Å²) in [5, 5.41) is 8.92. The molecule has 2 saturated heterocycles. The third-order valence-electron chi connectivity index (χ3n) is 4.60. The van der Waals surface area contributed by atoms with Gasteiger partial charge < -0.3 is 14.5 Å². The summed E-state index contributed by atoms with van der Waals surface area (Å²) in [6, 6.07) is 5.50. The van der Waals surface area contributed by atoms with Crippen molar-refractivity contribution in [2.45, 2.75) is 24.9 Å². The fourth-order valence-electron chi connectivity index (χ4n) is 3.38. The number of likely N-dealkylation sites (N-methyl/N-ethyl adjacent to an activating group) is 1. The van der Waals surface area contributed by atoms with Crippen LogP contribution in [-0.4, -0.2) is 54.1 Å². The van der Waals surface area contributed by atoms with E-state index in [0.29, 0.717) is 38.9 Å². The van der Waals surface area contributed by atoms with Crippen molar-refractivity contribution in [3.05, 3.63) is 35.1 Å². The Morgan fingerprint density at radius 1 is 1.33 bits per heavy atom. The number of amides is 2. The number of carbonyl (C=O) groups excluding carboxylic acids is 2. The van der Waals surface area contributed by atoms with E-state index in [9.17, 15) is 14.0 Å². The van der Waals surface area contributed by atoms with Crippen LogP contribution in [0, 0.1) is 17.1 Å². The molecule has 1 aromatic carbocycles. The fraction of sp³-hybridized carbons (Fsp3) is 0.471. The zero-order valence-electron chi connectivity index (χ0n) is 13.4. The van der Waals surface area contributed by atoms with Crippen molar-refractivity contribution in [3.63, 3.8) is 0 Å². The van der Waals surface area contributed by atoms with Gasteiger partial charge in [0, 0.05) is 32.1 Å². The maximum atomic E-state index is 13.6. The minimum atomic E-state index is -0.602. The summed E-state index contributed by atoms with van der Waals surface area (Å²) >= 11 is 0. The number of likely N-dealkylation sites (tertiary alicyclic amines) is 1. The third-order valence-corrected chi connectivity index (χ3v) is 4.60. The molecule has 126 valence electrons. The predicted octanol–water partition coefficient (Wildman–Crippen LogP) is 2.14. The first-order chi connectivity index (χ1) is 11.4. The number of carbonyl (C=O) groups is 2. The van der Waals surface area contributed by atoms with Gasteiger partial charge in [0.15, 0.2) is 0 Å². The molecule has 0 N–H and O–H groups in total. The minimum absolute atomic E-state index is 0.121. The molecule has 2 amide bonds. The molecule has 2 aliphatic rings. The molecule has 7 heteroatoms. The fourth-order valence-corrected chi connectivity index (χ4v) is 3.38. The van der Waals surface area contributed by atoms with Gasteiger partial charge in [-0.1, -0.05) is 0 Å². The second kappa shape index (κ2) is 6.11. The lowest BCUT2D eigenvalue weighted by atomic mass is 9.95. The largest absolute Gasteiger partial charge is 0.441 e. The maximum absolute atomic E-state index is 13.6. The number of hydrogen-bond donors (Lipinski definition) is 0. The number of rotatable bonds is 1. The Morgan fingerprint density at radius 3 is 2.79 bits per heavy atom. The summed E-state index contributed by atoms with van der Waals surface area (Å²) in [5.41, 5.74) is -0.250. The van der Waals surface area contributed by atoms with E-state index in [0.717, 1.165) is 12.1 Å². The van der Waals surface area contributed by atoms with Gasteiger partial charge in [-0.2, -0.15) is 5.26 Å². The van der Waals surface area contributed by atoms with Crippen LogP contribution in [0.25, 0.3) is 0 Å². The first kappa shape index (κ1) is 16.2. The number of halogens is 1. The first-order valence-electron chi connectivity index (χ1n) is 7.86. The Bertz CT molecular complexity index is 730. The minimum Gasteiger partial charge on any atom is -0.441 e. The van der Waals surface area contributed by atoms with E-state index < -0.39 is 11.4 Å². The van der Waals surface area contributed by atoms with E-state index in [1.165, 1.54) is 6.07 Å². The normalized spacial score (nSPS) is 23.8. The van der Waals surface area contributed by atoms with Gasteiger partial charge in [-0.05, 0) is 31.0 Å². The molecule has 1 aromatic rings. The van der Waals surface area contributed by atoms with E-state index >= 15 is 0 Å². The van der Waals surface area contributed by atoms with Crippen LogP contribution in [0.2, 0.25) is 0 Å². The van der Waals surface area contributed by atoms with Crippen molar-refractivity contribution >= 4 is 12.0 Å². The monoisotopic (exact) mass is 331 g/mol. The number of nitrogens with zero attached hydrogens (tertiary/aromatic N) is 3. The lowest BCUT2D eigenvalue weighted by molar-refractivity contribution is 0.0438. The van der Waals surface area contributed by atoms with Gasteiger partial charge in [0.2, 0.25) is 0 Å². The van der Waals surface area contributed by atoms with Crippen molar-refractivity contribution in [1.29, 1.82) is 5.26 Å². The molecule has 0 bridgehead atoms. The van der Waals surface area contributed by atoms with Gasteiger partial charge in [0.25, 0.3) is 5.91 Å². The van der Waals surface area contributed by atoms with Gasteiger partial charge in [-0.3, -0.25) is 4.79 Å². The lowest BCUT2D eigenvalue weighted by Gasteiger charge is -2.25. The Balaban J connectivity index is 1.75. The highest BCUT2D eigenvalue weighted by Crippen LogP contribution is 2.32. The second-order valence-electron chi connectivity index (χ2n) is 6.39. The quantitative estimate of drug-likeness (QED) is 0.790. The van der Waals surface area contributed by atoms with Gasteiger partial charge >= 0.3 is 6.09 Å². The summed E-state index contributed by atoms with van der Waals surface area (Å²) < 4.78 is 19.1. The predicted molar refractivity (Wildman–Crippen MR) is 82.7 cm³/mol. The molecule has 2 aliphatic heterocycles. The van der Waals surface area contributed by atoms with Crippen LogP contribution in [0.3, 0.4) is 0 Å². The molecule has 6 nitrogen and oxygen atoms in total. The van der Waals surface area contributed by atoms with Gasteiger partial charge in [-0.25, -0.2) is 9.18 Å². The highest BCUT2D eigenvalue weighted by Gasteiger charge is 2.44. The highest BCUT2D eigenvalue weighted by molar-refractivity contribution is 5.94. The molecule has 1 atom stereocenters. The number of nitriles is 1. The van der Waals surface area contributed by atoms with E-state index in [-0.39, 0.29) is 23.1 Å². The standard InChI is InChI=1S/C17H18FN3O3/c1-20-11-17(24-16(20)23)3-2-5-21(6-4-17)15(22)13-7-12(10-19)8-14(18)9-13/h7-9H,2-6,11H2,1H3/t17-/m1/s1. The third kappa shape index (κ3) is 3.04. The summed E-state index contributed by atoms with van der Waals surface area (Å²) in [4.78, 5) is 27.5. The lowest BCUT2D eigenvalue weighted by Crippen LogP contribution is -2.36. The molecule has 0 aromatic heterocycles. The van der Waals surface area contributed by atoms with E-state index in [1.807, 2.05) is 6.07 Å². The molecule has 3 rings (SSSR count). The molecular weight excluding hydrogens is 313 g/mol. The summed E-state index contributed by atoms with van der Waals surface area (Å²) in [6.45, 7) is 1.46. The van der Waals surface area contributed by atoms with Crippen LogP contribution in [0.15, 0.2) is 18.2 Å². The number of ether oxygens (including phenoxy) is 1. The average Bonchev–Trinajstić information content (AvgIpc) is 2.72. The van der Waals surface area contributed by atoms with Crippen LogP contribution < -0.4 is 0 Å². The van der Waals surface area contributed by atoms with Gasteiger partial charge in [0.1, 0.15) is 11.4 Å². The summed E-state index contributed by atoms with van der Waals surface area (Å²) in [7, 11) is 1.70. The van der Waals surface area contributed by atoms with Crippen molar-refractivity contribution in [2.75, 3.05) is 26.7 Å². The van der Waals surface area contributed by atoms with Crippen LogP contribution in [0.5, 0.6) is 0 Å². The van der Waals surface area contributed by atoms with Crippen molar-refractivity contribution in [1.82, 2.24) is 9.80 Å². The Hall–Kier alpha value is -2.62. The van der Waals surface area contributed by atoms with E-state index in [4.69, 9.17) is 10.00 Å². The molecule has 2 fully saturated rings. The molecule has 2 heterocycles. The molecule has 0 saturated carbocycles. The van der Waals surface area contributed by atoms with Gasteiger partial charge in [0.05, 0.1) is 18.2 Å². The van der Waals surface area contributed by atoms with Crippen LogP contribution in [0.1, 0.15) is 35.2 Å². The van der Waals surface area contributed by atoms with Crippen molar-refractivity contribution in [2.24, 2.45) is 0 Å².